The lowest BCUT2D eigenvalue weighted by Gasteiger charge is -2.34. The molecule has 0 bridgehead atoms. The van der Waals surface area contributed by atoms with Gasteiger partial charge in [0.15, 0.2) is 0 Å². The molecule has 0 atom stereocenters. The Labute approximate surface area is 152 Å². The Balaban J connectivity index is 1.60. The van der Waals surface area contributed by atoms with Gasteiger partial charge in [0.2, 0.25) is 0 Å². The monoisotopic (exact) mass is 363 g/mol. The molecule has 1 saturated heterocycles. The van der Waals surface area contributed by atoms with Crippen molar-refractivity contribution in [2.45, 2.75) is 13.5 Å². The van der Waals surface area contributed by atoms with Crippen molar-refractivity contribution in [2.24, 2.45) is 0 Å². The summed E-state index contributed by atoms with van der Waals surface area (Å²) in [6.45, 7) is 5.99. The largest absolute Gasteiger partial charge is 0.335 e. The van der Waals surface area contributed by atoms with Gasteiger partial charge >= 0.3 is 0 Å². The first-order valence-electron chi connectivity index (χ1n) is 7.92. The molecular weight excluding hydrogens is 345 g/mol. The predicted octanol–water partition coefficient (Wildman–Crippen LogP) is 3.65. The number of rotatable bonds is 3. The van der Waals surface area contributed by atoms with Crippen LogP contribution in [0.1, 0.15) is 21.6 Å². The minimum absolute atomic E-state index is 0.155. The van der Waals surface area contributed by atoms with Gasteiger partial charge in [-0.3, -0.25) is 9.69 Å². The van der Waals surface area contributed by atoms with Gasteiger partial charge in [-0.05, 0) is 24.6 Å². The van der Waals surface area contributed by atoms with Crippen LogP contribution < -0.4 is 0 Å². The first-order chi connectivity index (χ1) is 11.5. The maximum absolute atomic E-state index is 12.6. The maximum Gasteiger partial charge on any atom is 0.274 e. The van der Waals surface area contributed by atoms with Gasteiger partial charge < -0.3 is 4.90 Å². The van der Waals surface area contributed by atoms with Crippen LogP contribution >= 0.6 is 23.2 Å². The van der Waals surface area contributed by atoms with Gasteiger partial charge in [-0.2, -0.15) is 0 Å². The normalized spacial score (nSPS) is 15.5. The van der Waals surface area contributed by atoms with Crippen LogP contribution in [-0.2, 0) is 6.54 Å². The second-order valence-electron chi connectivity index (χ2n) is 6.02. The lowest BCUT2D eigenvalue weighted by atomic mass is 10.1. The fourth-order valence-electron chi connectivity index (χ4n) is 2.90. The molecule has 24 heavy (non-hydrogen) atoms. The van der Waals surface area contributed by atoms with Crippen molar-refractivity contribution >= 4 is 29.1 Å². The number of pyridine rings is 1. The summed E-state index contributed by atoms with van der Waals surface area (Å²) in [4.78, 5) is 20.8. The van der Waals surface area contributed by atoms with Gasteiger partial charge in [0.25, 0.3) is 5.91 Å². The highest BCUT2D eigenvalue weighted by atomic mass is 35.5. The summed E-state index contributed by atoms with van der Waals surface area (Å²) in [5, 5.41) is 0.618. The molecule has 1 aliphatic rings. The SMILES string of the molecule is Cc1cccc(CN2CCN(C(=O)c3nc(Cl)ccc3Cl)CC2)c1. The topological polar surface area (TPSA) is 36.4 Å². The molecule has 6 heteroatoms. The fourth-order valence-corrected chi connectivity index (χ4v) is 3.23. The van der Waals surface area contributed by atoms with E-state index in [1.54, 1.807) is 17.0 Å². The van der Waals surface area contributed by atoms with E-state index in [1.165, 1.54) is 11.1 Å². The van der Waals surface area contributed by atoms with E-state index >= 15 is 0 Å². The van der Waals surface area contributed by atoms with Crippen LogP contribution in [0.5, 0.6) is 0 Å². The molecule has 2 heterocycles. The highest BCUT2D eigenvalue weighted by Gasteiger charge is 2.24. The zero-order valence-corrected chi connectivity index (χ0v) is 15.0. The van der Waals surface area contributed by atoms with E-state index in [-0.39, 0.29) is 16.8 Å². The number of aromatic nitrogens is 1. The molecule has 0 aliphatic carbocycles. The molecule has 2 aromatic rings. The van der Waals surface area contributed by atoms with Crippen molar-refractivity contribution in [3.8, 4) is 0 Å². The Morgan fingerprint density at radius 2 is 1.88 bits per heavy atom. The van der Waals surface area contributed by atoms with Crippen LogP contribution in [0, 0.1) is 6.92 Å². The summed E-state index contributed by atoms with van der Waals surface area (Å²) in [5.74, 6) is -0.155. The molecule has 1 amide bonds. The number of halogens is 2. The molecule has 1 aliphatic heterocycles. The number of amides is 1. The van der Waals surface area contributed by atoms with Crippen molar-refractivity contribution in [3.63, 3.8) is 0 Å². The molecular formula is C18H19Cl2N3O. The summed E-state index contributed by atoms with van der Waals surface area (Å²) in [7, 11) is 0. The molecule has 1 aromatic heterocycles. The van der Waals surface area contributed by atoms with E-state index in [0.29, 0.717) is 18.1 Å². The summed E-state index contributed by atoms with van der Waals surface area (Å²) < 4.78 is 0. The zero-order valence-electron chi connectivity index (χ0n) is 13.5. The summed E-state index contributed by atoms with van der Waals surface area (Å²) in [6, 6.07) is 11.7. The van der Waals surface area contributed by atoms with Crippen molar-refractivity contribution < 1.29 is 4.79 Å². The van der Waals surface area contributed by atoms with Crippen LogP contribution in [-0.4, -0.2) is 46.9 Å². The minimum Gasteiger partial charge on any atom is -0.335 e. The lowest BCUT2D eigenvalue weighted by Crippen LogP contribution is -2.48. The zero-order chi connectivity index (χ0) is 17.1. The van der Waals surface area contributed by atoms with Crippen molar-refractivity contribution in [1.29, 1.82) is 0 Å². The first kappa shape index (κ1) is 17.2. The minimum atomic E-state index is -0.155. The van der Waals surface area contributed by atoms with Gasteiger partial charge in [0.05, 0.1) is 5.02 Å². The number of carbonyl (C=O) groups excluding carboxylic acids is 1. The molecule has 0 saturated carbocycles. The van der Waals surface area contributed by atoms with Crippen molar-refractivity contribution in [3.05, 3.63) is 63.4 Å². The maximum atomic E-state index is 12.6. The third-order valence-corrected chi connectivity index (χ3v) is 4.68. The van der Waals surface area contributed by atoms with Crippen molar-refractivity contribution in [2.75, 3.05) is 26.2 Å². The standard InChI is InChI=1S/C18H19Cl2N3O/c1-13-3-2-4-14(11-13)12-22-7-9-23(10-8-22)18(24)17-15(19)5-6-16(20)21-17/h2-6,11H,7-10,12H2,1H3. The highest BCUT2D eigenvalue weighted by Crippen LogP contribution is 2.19. The molecule has 0 spiro atoms. The third-order valence-electron chi connectivity index (χ3n) is 4.16. The Kier molecular flexibility index (Phi) is 5.39. The van der Waals surface area contributed by atoms with Gasteiger partial charge in [-0.15, -0.1) is 0 Å². The van der Waals surface area contributed by atoms with Crippen LogP contribution in [0.4, 0.5) is 0 Å². The van der Waals surface area contributed by atoms with E-state index in [9.17, 15) is 4.79 Å². The van der Waals surface area contributed by atoms with Crippen molar-refractivity contribution in [1.82, 2.24) is 14.8 Å². The molecule has 126 valence electrons. The number of piperazine rings is 1. The van der Waals surface area contributed by atoms with Gasteiger partial charge in [-0.1, -0.05) is 53.0 Å². The molecule has 0 radical (unpaired) electrons. The molecule has 4 nitrogen and oxygen atoms in total. The van der Waals surface area contributed by atoms with Gasteiger partial charge in [0, 0.05) is 32.7 Å². The number of hydrogen-bond acceptors (Lipinski definition) is 3. The van der Waals surface area contributed by atoms with E-state index in [1.807, 2.05) is 0 Å². The summed E-state index contributed by atoms with van der Waals surface area (Å²) >= 11 is 12.0. The molecule has 3 rings (SSSR count). The smallest absolute Gasteiger partial charge is 0.274 e. The average Bonchev–Trinajstić information content (AvgIpc) is 2.57. The quantitative estimate of drug-likeness (QED) is 0.780. The molecule has 0 N–H and O–H groups in total. The third kappa shape index (κ3) is 4.07. The summed E-state index contributed by atoms with van der Waals surface area (Å²) in [5.41, 5.74) is 2.80. The van der Waals surface area contributed by atoms with Gasteiger partial charge in [-0.25, -0.2) is 4.98 Å². The Morgan fingerprint density at radius 3 is 2.58 bits per heavy atom. The molecule has 0 unspecified atom stereocenters. The first-order valence-corrected chi connectivity index (χ1v) is 8.68. The second kappa shape index (κ2) is 7.51. The van der Waals surface area contributed by atoms with Crippen LogP contribution in [0.3, 0.4) is 0 Å². The molecule has 1 fully saturated rings. The van der Waals surface area contributed by atoms with Crippen LogP contribution in [0.15, 0.2) is 36.4 Å². The van der Waals surface area contributed by atoms with E-state index < -0.39 is 0 Å². The summed E-state index contributed by atoms with van der Waals surface area (Å²) in [6.07, 6.45) is 0. The van der Waals surface area contributed by atoms with E-state index in [2.05, 4.69) is 41.1 Å². The Bertz CT molecular complexity index is 743. The number of nitrogens with zero attached hydrogens (tertiary/aromatic N) is 3. The number of hydrogen-bond donors (Lipinski definition) is 0. The highest BCUT2D eigenvalue weighted by molar-refractivity contribution is 6.34. The lowest BCUT2D eigenvalue weighted by molar-refractivity contribution is 0.0623. The van der Waals surface area contributed by atoms with Crippen LogP contribution in [0.2, 0.25) is 10.2 Å². The Morgan fingerprint density at radius 1 is 1.12 bits per heavy atom. The number of benzene rings is 1. The van der Waals surface area contributed by atoms with E-state index in [4.69, 9.17) is 23.2 Å². The average molecular weight is 364 g/mol. The molecule has 1 aromatic carbocycles. The number of carbonyl (C=O) groups is 1. The van der Waals surface area contributed by atoms with Crippen LogP contribution in [0.25, 0.3) is 0 Å². The number of aryl methyl sites for hydroxylation is 1. The predicted molar refractivity (Wildman–Crippen MR) is 96.6 cm³/mol. The van der Waals surface area contributed by atoms with Gasteiger partial charge in [0.1, 0.15) is 10.8 Å². The van der Waals surface area contributed by atoms with E-state index in [0.717, 1.165) is 19.6 Å². The second-order valence-corrected chi connectivity index (χ2v) is 6.82. The Hall–Kier alpha value is -1.62. The fraction of sp³-hybridized carbons (Fsp3) is 0.333.